The van der Waals surface area contributed by atoms with Gasteiger partial charge in [-0.25, -0.2) is 0 Å². The Morgan fingerprint density at radius 2 is 1.44 bits per heavy atom. The highest BCUT2D eigenvalue weighted by molar-refractivity contribution is 6.21. The molecule has 8 aromatic rings. The van der Waals surface area contributed by atoms with E-state index in [1.165, 1.54) is 43.5 Å². The molecule has 0 saturated heterocycles. The van der Waals surface area contributed by atoms with Gasteiger partial charge in [-0.3, -0.25) is 0 Å². The predicted molar refractivity (Wildman–Crippen MR) is 189 cm³/mol. The van der Waals surface area contributed by atoms with Crippen molar-refractivity contribution in [2.45, 2.75) is 25.7 Å². The van der Waals surface area contributed by atoms with Crippen molar-refractivity contribution in [3.8, 4) is 5.69 Å². The third-order valence-corrected chi connectivity index (χ3v) is 9.49. The van der Waals surface area contributed by atoms with Gasteiger partial charge < -0.3 is 13.9 Å². The second kappa shape index (κ2) is 10.3. The largest absolute Gasteiger partial charge is 0.460 e. The summed E-state index contributed by atoms with van der Waals surface area (Å²) in [5.74, 6) is 1.56. The number of anilines is 3. The zero-order valence-electron chi connectivity index (χ0n) is 25.2. The molecule has 0 amide bonds. The molecule has 3 nitrogen and oxygen atoms in total. The summed E-state index contributed by atoms with van der Waals surface area (Å²) in [5.41, 5.74) is 8.98. The molecule has 1 aliphatic carbocycles. The van der Waals surface area contributed by atoms with E-state index >= 15 is 0 Å². The quantitative estimate of drug-likeness (QED) is 0.202. The van der Waals surface area contributed by atoms with E-state index in [9.17, 15) is 0 Å². The fourth-order valence-corrected chi connectivity index (χ4v) is 7.36. The lowest BCUT2D eigenvalue weighted by Gasteiger charge is -2.26. The van der Waals surface area contributed by atoms with Crippen LogP contribution in [0.3, 0.4) is 0 Å². The smallest absolute Gasteiger partial charge is 0.137 e. The topological polar surface area (TPSA) is 21.3 Å². The molecule has 0 N–H and O–H groups in total. The van der Waals surface area contributed by atoms with E-state index in [0.29, 0.717) is 5.92 Å². The van der Waals surface area contributed by atoms with E-state index in [1.54, 1.807) is 0 Å². The Morgan fingerprint density at radius 3 is 2.33 bits per heavy atom. The Kier molecular flexibility index (Phi) is 5.92. The molecule has 1 unspecified atom stereocenters. The highest BCUT2D eigenvalue weighted by Crippen LogP contribution is 2.43. The number of hydrogen-bond donors (Lipinski definition) is 0. The zero-order chi connectivity index (χ0) is 29.9. The molecular formula is C42H32N2O. The highest BCUT2D eigenvalue weighted by atomic mass is 16.3. The number of benzene rings is 6. The van der Waals surface area contributed by atoms with Gasteiger partial charge in [0.05, 0.1) is 11.0 Å². The molecule has 6 aromatic carbocycles. The van der Waals surface area contributed by atoms with E-state index in [4.69, 9.17) is 4.42 Å². The van der Waals surface area contributed by atoms with Crippen molar-refractivity contribution in [1.29, 1.82) is 0 Å². The van der Waals surface area contributed by atoms with Crippen molar-refractivity contribution in [3.63, 3.8) is 0 Å². The minimum atomic E-state index is 0.436. The van der Waals surface area contributed by atoms with Crippen molar-refractivity contribution >= 4 is 66.7 Å². The molecule has 3 heteroatoms. The lowest BCUT2D eigenvalue weighted by Crippen LogP contribution is -2.10. The van der Waals surface area contributed by atoms with Crippen LogP contribution < -0.4 is 4.90 Å². The van der Waals surface area contributed by atoms with Crippen molar-refractivity contribution in [1.82, 2.24) is 4.57 Å². The first-order valence-electron chi connectivity index (χ1n) is 15.9. The second-order valence-corrected chi connectivity index (χ2v) is 12.0. The van der Waals surface area contributed by atoms with Crippen LogP contribution in [-0.2, 0) is 0 Å². The standard InChI is InChI=1S/C42H32N2O/c1-2-28-13-10-20-36-35-24-23-33(27-40(35)45-42(28)36)43(30-14-4-3-5-15-30)31-16-11-17-32(26-31)44-38-21-9-8-19-37(38)41-34-18-7-6-12-29(34)22-25-39(41)44/h3-12,14-28H,2,13H2,1H3. The fourth-order valence-electron chi connectivity index (χ4n) is 7.36. The fraction of sp³-hybridized carbons (Fsp3) is 0.0952. The number of nitrogens with zero attached hydrogens (tertiary/aromatic N) is 2. The molecule has 0 bridgehead atoms. The van der Waals surface area contributed by atoms with Gasteiger partial charge in [0.25, 0.3) is 0 Å². The average Bonchev–Trinajstić information content (AvgIpc) is 3.65. The van der Waals surface area contributed by atoms with E-state index in [2.05, 4.69) is 162 Å². The van der Waals surface area contributed by atoms with Crippen LogP contribution in [0.5, 0.6) is 0 Å². The lowest BCUT2D eigenvalue weighted by atomic mass is 9.90. The summed E-state index contributed by atoms with van der Waals surface area (Å²) in [4.78, 5) is 2.33. The summed E-state index contributed by atoms with van der Waals surface area (Å²) in [6, 6.07) is 48.1. The molecule has 1 aliphatic rings. The predicted octanol–water partition coefficient (Wildman–Crippen LogP) is 12.1. The summed E-state index contributed by atoms with van der Waals surface area (Å²) in [5, 5.41) is 6.28. The van der Waals surface area contributed by atoms with Crippen LogP contribution in [-0.4, -0.2) is 4.57 Å². The van der Waals surface area contributed by atoms with E-state index in [1.807, 2.05) is 0 Å². The van der Waals surface area contributed by atoms with E-state index in [-0.39, 0.29) is 0 Å². The van der Waals surface area contributed by atoms with Crippen LogP contribution >= 0.6 is 0 Å². The molecule has 2 aromatic heterocycles. The van der Waals surface area contributed by atoms with Gasteiger partial charge in [-0.1, -0.05) is 91.9 Å². The van der Waals surface area contributed by atoms with Crippen LogP contribution in [0.4, 0.5) is 17.1 Å². The summed E-state index contributed by atoms with van der Waals surface area (Å²) in [6.07, 6.45) is 6.64. The van der Waals surface area contributed by atoms with Gasteiger partial charge >= 0.3 is 0 Å². The van der Waals surface area contributed by atoms with Crippen LogP contribution in [0.2, 0.25) is 0 Å². The van der Waals surface area contributed by atoms with Crippen LogP contribution in [0.25, 0.3) is 55.3 Å². The first-order chi connectivity index (χ1) is 22.3. The van der Waals surface area contributed by atoms with Crippen molar-refractivity contribution < 1.29 is 4.42 Å². The zero-order valence-corrected chi connectivity index (χ0v) is 25.2. The maximum absolute atomic E-state index is 6.59. The van der Waals surface area contributed by atoms with E-state index < -0.39 is 0 Å². The Morgan fingerprint density at radius 1 is 0.667 bits per heavy atom. The molecule has 216 valence electrons. The van der Waals surface area contributed by atoms with Gasteiger partial charge in [0.1, 0.15) is 11.3 Å². The number of hydrogen-bond acceptors (Lipinski definition) is 2. The Hall–Kier alpha value is -5.54. The third kappa shape index (κ3) is 4.04. The van der Waals surface area contributed by atoms with Crippen LogP contribution in [0, 0.1) is 0 Å². The summed E-state index contributed by atoms with van der Waals surface area (Å²) >= 11 is 0. The number of rotatable bonds is 5. The second-order valence-electron chi connectivity index (χ2n) is 12.0. The highest BCUT2D eigenvalue weighted by Gasteiger charge is 2.24. The minimum absolute atomic E-state index is 0.436. The van der Waals surface area contributed by atoms with Gasteiger partial charge in [0.15, 0.2) is 0 Å². The maximum Gasteiger partial charge on any atom is 0.137 e. The molecule has 0 radical (unpaired) electrons. The summed E-state index contributed by atoms with van der Waals surface area (Å²) in [7, 11) is 0. The van der Waals surface area contributed by atoms with Crippen molar-refractivity contribution in [2.24, 2.45) is 0 Å². The first kappa shape index (κ1) is 25.9. The minimum Gasteiger partial charge on any atom is -0.460 e. The molecule has 0 saturated carbocycles. The third-order valence-electron chi connectivity index (χ3n) is 9.49. The molecule has 0 fully saturated rings. The first-order valence-corrected chi connectivity index (χ1v) is 15.9. The lowest BCUT2D eigenvalue weighted by molar-refractivity contribution is 0.478. The number of para-hydroxylation sites is 2. The van der Waals surface area contributed by atoms with Gasteiger partial charge in [0, 0.05) is 56.5 Å². The summed E-state index contributed by atoms with van der Waals surface area (Å²) < 4.78 is 9.00. The Bertz CT molecular complexity index is 2410. The average molecular weight is 581 g/mol. The van der Waals surface area contributed by atoms with Gasteiger partial charge in [0.2, 0.25) is 0 Å². The Labute approximate surface area is 262 Å². The van der Waals surface area contributed by atoms with E-state index in [0.717, 1.165) is 46.9 Å². The molecule has 45 heavy (non-hydrogen) atoms. The monoisotopic (exact) mass is 580 g/mol. The van der Waals surface area contributed by atoms with Crippen molar-refractivity contribution in [2.75, 3.05) is 4.90 Å². The van der Waals surface area contributed by atoms with Crippen LogP contribution in [0.1, 0.15) is 37.0 Å². The molecule has 2 heterocycles. The molecule has 0 aliphatic heterocycles. The van der Waals surface area contributed by atoms with Crippen molar-refractivity contribution in [3.05, 3.63) is 151 Å². The number of aromatic nitrogens is 1. The number of allylic oxidation sites excluding steroid dienone is 1. The molecule has 9 rings (SSSR count). The Balaban J connectivity index is 1.24. The normalized spacial score (nSPS) is 14.5. The van der Waals surface area contributed by atoms with Gasteiger partial charge in [-0.05, 0) is 78.2 Å². The molecular weight excluding hydrogens is 548 g/mol. The number of furan rings is 1. The van der Waals surface area contributed by atoms with Gasteiger partial charge in [-0.15, -0.1) is 0 Å². The molecule has 0 spiro atoms. The van der Waals surface area contributed by atoms with Crippen LogP contribution in [0.15, 0.2) is 144 Å². The maximum atomic E-state index is 6.59. The summed E-state index contributed by atoms with van der Waals surface area (Å²) in [6.45, 7) is 2.25. The van der Waals surface area contributed by atoms with Gasteiger partial charge in [-0.2, -0.15) is 0 Å². The molecule has 1 atom stereocenters. The number of fused-ring (bicyclic) bond motifs is 8. The SMILES string of the molecule is CCC1CC=Cc2c1oc1cc(N(c3ccccc3)c3cccc(-n4c5ccccc5c5c6ccccc6ccc54)c3)ccc21.